The highest BCUT2D eigenvalue weighted by atomic mass is 19.4. The highest BCUT2D eigenvalue weighted by Crippen LogP contribution is 2.30. The minimum absolute atomic E-state index is 0.0645. The molecule has 3 aromatic rings. The summed E-state index contributed by atoms with van der Waals surface area (Å²) in [5, 5.41) is 4.03. The molecule has 2 aromatic carbocycles. The number of amides is 1. The number of nitrogens with zero attached hydrogens (tertiary/aromatic N) is 2. The number of furan rings is 1. The first-order valence-corrected chi connectivity index (χ1v) is 9.77. The average Bonchev–Trinajstić information content (AvgIpc) is 3.45. The smallest absolute Gasteiger partial charge is 0.416 e. The maximum Gasteiger partial charge on any atom is 0.416 e. The van der Waals surface area contributed by atoms with Crippen molar-refractivity contribution in [1.82, 2.24) is 4.90 Å². The fourth-order valence-corrected chi connectivity index (χ4v) is 3.43. The molecule has 32 heavy (non-hydrogen) atoms. The van der Waals surface area contributed by atoms with Crippen LogP contribution in [0.25, 0.3) is 0 Å². The van der Waals surface area contributed by atoms with Crippen molar-refractivity contribution in [2.75, 3.05) is 6.54 Å². The molecule has 1 aromatic heterocycles. The van der Waals surface area contributed by atoms with Gasteiger partial charge in [0.05, 0.1) is 24.1 Å². The Hall–Kier alpha value is -3.62. The predicted octanol–water partition coefficient (Wildman–Crippen LogP) is 5.27. The van der Waals surface area contributed by atoms with Crippen molar-refractivity contribution < 1.29 is 31.6 Å². The fraction of sp³-hybridized carbons (Fsp3) is 0.217. The molecule has 0 N–H and O–H groups in total. The van der Waals surface area contributed by atoms with Crippen molar-refractivity contribution >= 4 is 11.6 Å². The van der Waals surface area contributed by atoms with Gasteiger partial charge in [0.1, 0.15) is 5.82 Å². The molecule has 0 spiro atoms. The number of halogens is 4. The maximum atomic E-state index is 13.2. The normalized spacial score (nSPS) is 15.9. The van der Waals surface area contributed by atoms with Crippen molar-refractivity contribution in [3.05, 3.63) is 95.2 Å². The summed E-state index contributed by atoms with van der Waals surface area (Å²) in [6, 6.07) is 13.6. The Morgan fingerprint density at radius 3 is 2.56 bits per heavy atom. The summed E-state index contributed by atoms with van der Waals surface area (Å²) in [6.45, 7) is -0.000825. The highest BCUT2D eigenvalue weighted by Gasteiger charge is 2.32. The van der Waals surface area contributed by atoms with E-state index in [1.165, 1.54) is 41.5 Å². The zero-order valence-corrected chi connectivity index (χ0v) is 16.7. The first-order chi connectivity index (χ1) is 15.3. The molecule has 0 saturated heterocycles. The van der Waals surface area contributed by atoms with Crippen LogP contribution in [0.5, 0.6) is 0 Å². The first kappa shape index (κ1) is 21.6. The molecule has 2 heterocycles. The quantitative estimate of drug-likeness (QED) is 0.485. The summed E-state index contributed by atoms with van der Waals surface area (Å²) < 4.78 is 57.6. The number of alkyl halides is 3. The highest BCUT2D eigenvalue weighted by molar-refractivity contribution is 6.01. The maximum absolute atomic E-state index is 13.2. The second-order valence-corrected chi connectivity index (χ2v) is 7.34. The number of carbonyl (C=O) groups is 1. The SMILES string of the molecule is O=C(c1ccco1)N(Cc1cccc(C(F)(F)F)c1)C[C@@H]1CC(c2ccc(F)cc2)=NO1. The summed E-state index contributed by atoms with van der Waals surface area (Å²) >= 11 is 0. The summed E-state index contributed by atoms with van der Waals surface area (Å²) in [7, 11) is 0. The first-order valence-electron chi connectivity index (χ1n) is 9.77. The predicted molar refractivity (Wildman–Crippen MR) is 107 cm³/mol. The van der Waals surface area contributed by atoms with E-state index in [4.69, 9.17) is 9.25 Å². The van der Waals surface area contributed by atoms with Gasteiger partial charge in [0, 0.05) is 13.0 Å². The lowest BCUT2D eigenvalue weighted by molar-refractivity contribution is -0.137. The third-order valence-corrected chi connectivity index (χ3v) is 4.98. The van der Waals surface area contributed by atoms with Crippen LogP contribution in [0.1, 0.15) is 33.7 Å². The second kappa shape index (κ2) is 8.86. The Morgan fingerprint density at radius 1 is 1.09 bits per heavy atom. The topological polar surface area (TPSA) is 55.0 Å². The van der Waals surface area contributed by atoms with Crippen molar-refractivity contribution in [3.63, 3.8) is 0 Å². The molecule has 0 saturated carbocycles. The summed E-state index contributed by atoms with van der Waals surface area (Å²) in [5.41, 5.74) is 0.812. The van der Waals surface area contributed by atoms with E-state index in [0.29, 0.717) is 23.3 Å². The molecule has 5 nitrogen and oxygen atoms in total. The fourth-order valence-electron chi connectivity index (χ4n) is 3.43. The third-order valence-electron chi connectivity index (χ3n) is 4.98. The van der Waals surface area contributed by atoms with Crippen LogP contribution in [0.15, 0.2) is 76.5 Å². The average molecular weight is 446 g/mol. The summed E-state index contributed by atoms with van der Waals surface area (Å²) in [6.07, 6.45) is -3.30. The van der Waals surface area contributed by atoms with E-state index in [1.807, 2.05) is 0 Å². The van der Waals surface area contributed by atoms with Gasteiger partial charge < -0.3 is 14.2 Å². The van der Waals surface area contributed by atoms with Crippen LogP contribution in [-0.2, 0) is 17.6 Å². The van der Waals surface area contributed by atoms with Gasteiger partial charge in [-0.05, 0) is 47.5 Å². The Bertz CT molecular complexity index is 1110. The van der Waals surface area contributed by atoms with Crippen LogP contribution in [0.2, 0.25) is 0 Å². The lowest BCUT2D eigenvalue weighted by Crippen LogP contribution is -2.37. The van der Waals surface area contributed by atoms with Crippen LogP contribution >= 0.6 is 0 Å². The number of rotatable bonds is 6. The van der Waals surface area contributed by atoms with E-state index in [-0.39, 0.29) is 24.7 Å². The van der Waals surface area contributed by atoms with Gasteiger partial charge in [0.25, 0.3) is 5.91 Å². The lowest BCUT2D eigenvalue weighted by Gasteiger charge is -2.24. The molecule has 1 aliphatic rings. The molecule has 1 atom stereocenters. The van der Waals surface area contributed by atoms with Gasteiger partial charge in [-0.2, -0.15) is 13.2 Å². The Labute approximate surface area is 180 Å². The van der Waals surface area contributed by atoms with Crippen LogP contribution in [0.4, 0.5) is 17.6 Å². The van der Waals surface area contributed by atoms with Crippen molar-refractivity contribution in [2.24, 2.45) is 5.16 Å². The molecular formula is C23H18F4N2O3. The van der Waals surface area contributed by atoms with Crippen molar-refractivity contribution in [1.29, 1.82) is 0 Å². The Balaban J connectivity index is 1.51. The van der Waals surface area contributed by atoms with Gasteiger partial charge in [0.2, 0.25) is 0 Å². The number of benzene rings is 2. The van der Waals surface area contributed by atoms with E-state index in [1.54, 1.807) is 18.2 Å². The van der Waals surface area contributed by atoms with Crippen LogP contribution < -0.4 is 0 Å². The Kier molecular flexibility index (Phi) is 5.98. The van der Waals surface area contributed by atoms with E-state index >= 15 is 0 Å². The number of hydrogen-bond donors (Lipinski definition) is 0. The molecule has 4 rings (SSSR count). The molecule has 0 fully saturated rings. The van der Waals surface area contributed by atoms with E-state index in [0.717, 1.165) is 12.1 Å². The van der Waals surface area contributed by atoms with E-state index < -0.39 is 23.8 Å². The third kappa shape index (κ3) is 4.99. The van der Waals surface area contributed by atoms with Gasteiger partial charge >= 0.3 is 6.18 Å². The number of oxime groups is 1. The number of hydrogen-bond acceptors (Lipinski definition) is 4. The summed E-state index contributed by atoms with van der Waals surface area (Å²) in [4.78, 5) is 19.8. The standard InChI is InChI=1S/C23H18F4N2O3/c24-18-8-6-16(7-9-18)20-12-19(32-28-20)14-29(22(30)21-5-2-10-31-21)13-15-3-1-4-17(11-15)23(25,26)27/h1-11,19H,12-14H2/t19-/m0/s1. The molecule has 1 amide bonds. The molecule has 0 aliphatic carbocycles. The largest absolute Gasteiger partial charge is 0.459 e. The Morgan fingerprint density at radius 2 is 1.88 bits per heavy atom. The monoisotopic (exact) mass is 446 g/mol. The van der Waals surface area contributed by atoms with Gasteiger partial charge in [-0.25, -0.2) is 4.39 Å². The number of carbonyl (C=O) groups excluding carboxylic acids is 1. The van der Waals surface area contributed by atoms with E-state index in [9.17, 15) is 22.4 Å². The van der Waals surface area contributed by atoms with Gasteiger partial charge in [-0.1, -0.05) is 29.4 Å². The molecule has 0 unspecified atom stereocenters. The van der Waals surface area contributed by atoms with Crippen molar-refractivity contribution in [3.8, 4) is 0 Å². The van der Waals surface area contributed by atoms with Crippen molar-refractivity contribution in [2.45, 2.75) is 25.2 Å². The van der Waals surface area contributed by atoms with Gasteiger partial charge in [-0.15, -0.1) is 0 Å². The molecule has 9 heteroatoms. The molecule has 0 radical (unpaired) electrons. The van der Waals surface area contributed by atoms with E-state index in [2.05, 4.69) is 5.16 Å². The van der Waals surface area contributed by atoms with Crippen LogP contribution in [0, 0.1) is 5.82 Å². The minimum atomic E-state index is -4.49. The van der Waals surface area contributed by atoms with Gasteiger partial charge in [0.15, 0.2) is 11.9 Å². The zero-order valence-electron chi connectivity index (χ0n) is 16.7. The molecule has 0 bridgehead atoms. The minimum Gasteiger partial charge on any atom is -0.459 e. The lowest BCUT2D eigenvalue weighted by atomic mass is 10.0. The van der Waals surface area contributed by atoms with Crippen LogP contribution in [-0.4, -0.2) is 29.2 Å². The summed E-state index contributed by atoms with van der Waals surface area (Å²) in [5.74, 6) is -0.790. The zero-order chi connectivity index (χ0) is 22.7. The van der Waals surface area contributed by atoms with Crippen LogP contribution in [0.3, 0.4) is 0 Å². The molecule has 1 aliphatic heterocycles. The second-order valence-electron chi connectivity index (χ2n) is 7.34. The molecular weight excluding hydrogens is 428 g/mol. The molecule has 166 valence electrons. The van der Waals surface area contributed by atoms with Gasteiger partial charge in [-0.3, -0.25) is 4.79 Å².